The highest BCUT2D eigenvalue weighted by Crippen LogP contribution is 2.19. The zero-order chi connectivity index (χ0) is 16.9. The number of Topliss-reactive ketones (excluding diaryl/α,β-unsaturated/α-hetero) is 1. The number of benzene rings is 2. The Morgan fingerprint density at radius 1 is 1.17 bits per heavy atom. The van der Waals surface area contributed by atoms with Crippen LogP contribution in [-0.2, 0) is 6.54 Å². The van der Waals surface area contributed by atoms with E-state index in [1.165, 1.54) is 0 Å². The van der Waals surface area contributed by atoms with Crippen LogP contribution in [-0.4, -0.2) is 17.9 Å². The Morgan fingerprint density at radius 3 is 2.71 bits per heavy atom. The van der Waals surface area contributed by atoms with Crippen molar-refractivity contribution < 1.29 is 14.1 Å². The first kappa shape index (κ1) is 16.1. The second-order valence-electron chi connectivity index (χ2n) is 5.28. The van der Waals surface area contributed by atoms with Gasteiger partial charge in [0.15, 0.2) is 12.2 Å². The molecule has 120 valence electrons. The summed E-state index contributed by atoms with van der Waals surface area (Å²) in [7, 11) is 1.58. The Kier molecular flexibility index (Phi) is 4.87. The van der Waals surface area contributed by atoms with E-state index in [1.54, 1.807) is 36.2 Å². The van der Waals surface area contributed by atoms with Crippen LogP contribution in [0.2, 0.25) is 5.02 Å². The number of ketones is 1. The fraction of sp³-hybridized carbons (Fsp3) is 0.105. The topological polar surface area (TPSA) is 43.1 Å². The van der Waals surface area contributed by atoms with Crippen molar-refractivity contribution in [2.45, 2.75) is 6.54 Å². The van der Waals surface area contributed by atoms with Gasteiger partial charge in [0.2, 0.25) is 5.78 Å². The van der Waals surface area contributed by atoms with Crippen LogP contribution in [0.3, 0.4) is 0 Å². The number of hydrogen-bond donors (Lipinski definition) is 0. The molecular weight excluding hydrogens is 324 g/mol. The van der Waals surface area contributed by atoms with E-state index in [0.29, 0.717) is 16.3 Å². The van der Waals surface area contributed by atoms with Crippen molar-refractivity contribution in [2.75, 3.05) is 7.11 Å². The van der Waals surface area contributed by atoms with Crippen LogP contribution in [0.5, 0.6) is 5.75 Å². The summed E-state index contributed by atoms with van der Waals surface area (Å²) >= 11 is 6.00. The summed E-state index contributed by atoms with van der Waals surface area (Å²) < 4.78 is 6.89. The molecule has 5 heteroatoms. The van der Waals surface area contributed by atoms with Crippen molar-refractivity contribution in [3.63, 3.8) is 0 Å². The number of carbonyl (C=O) groups excluding carboxylic acids is 1. The lowest BCUT2D eigenvalue weighted by atomic mass is 10.1. The molecule has 0 N–H and O–H groups in total. The first-order valence-electron chi connectivity index (χ1n) is 7.44. The Bertz CT molecular complexity index is 863. The highest BCUT2D eigenvalue weighted by atomic mass is 35.5. The molecule has 0 saturated carbocycles. The molecule has 0 bridgehead atoms. The molecule has 0 spiro atoms. The summed E-state index contributed by atoms with van der Waals surface area (Å²) in [6.45, 7) is 0.218. The summed E-state index contributed by atoms with van der Waals surface area (Å²) in [5.41, 5.74) is 2.36. The number of halogens is 1. The number of nitrogens with zero attached hydrogens (tertiary/aromatic N) is 2. The summed E-state index contributed by atoms with van der Waals surface area (Å²) in [6.07, 6.45) is 3.48. The van der Waals surface area contributed by atoms with Crippen molar-refractivity contribution in [1.82, 2.24) is 4.98 Å². The maximum atomic E-state index is 12.4. The second kappa shape index (κ2) is 7.23. The van der Waals surface area contributed by atoms with Crippen LogP contribution < -0.4 is 9.30 Å². The molecule has 0 saturated heterocycles. The van der Waals surface area contributed by atoms with Crippen LogP contribution in [0.1, 0.15) is 10.4 Å². The van der Waals surface area contributed by atoms with Crippen molar-refractivity contribution >= 4 is 17.4 Å². The quantitative estimate of drug-likeness (QED) is 0.527. The molecule has 3 rings (SSSR count). The molecule has 24 heavy (non-hydrogen) atoms. The van der Waals surface area contributed by atoms with Gasteiger partial charge in [-0.15, -0.1) is 0 Å². The molecule has 1 heterocycles. The minimum absolute atomic E-state index is 0.00351. The van der Waals surface area contributed by atoms with Gasteiger partial charge < -0.3 is 4.74 Å². The molecule has 0 fully saturated rings. The number of methoxy groups -OCH3 is 1. The molecule has 3 aromatic rings. The van der Waals surface area contributed by atoms with Gasteiger partial charge in [0.25, 0.3) is 6.33 Å². The summed E-state index contributed by atoms with van der Waals surface area (Å²) in [6, 6.07) is 16.5. The fourth-order valence-corrected chi connectivity index (χ4v) is 2.54. The second-order valence-corrected chi connectivity index (χ2v) is 5.72. The highest BCUT2D eigenvalue weighted by Gasteiger charge is 2.12. The normalized spacial score (nSPS) is 10.4. The third-order valence-corrected chi connectivity index (χ3v) is 3.84. The van der Waals surface area contributed by atoms with Crippen LogP contribution in [0.25, 0.3) is 11.3 Å². The third kappa shape index (κ3) is 3.78. The SMILES string of the molecule is COc1cccc(C(=O)C[n+]2ccc(-c3cccc(Cl)c3)nc2)c1. The van der Waals surface area contributed by atoms with Gasteiger partial charge in [0, 0.05) is 22.2 Å². The molecule has 0 radical (unpaired) electrons. The van der Waals surface area contributed by atoms with E-state index in [4.69, 9.17) is 16.3 Å². The van der Waals surface area contributed by atoms with Gasteiger partial charge in [-0.2, -0.15) is 0 Å². The lowest BCUT2D eigenvalue weighted by molar-refractivity contribution is -0.686. The van der Waals surface area contributed by atoms with Crippen LogP contribution in [0, 0.1) is 0 Å². The third-order valence-electron chi connectivity index (χ3n) is 3.61. The summed E-state index contributed by atoms with van der Waals surface area (Å²) in [5.74, 6) is 0.663. The van der Waals surface area contributed by atoms with Crippen molar-refractivity contribution in [3.8, 4) is 17.0 Å². The fourth-order valence-electron chi connectivity index (χ4n) is 2.35. The first-order valence-corrected chi connectivity index (χ1v) is 7.82. The minimum atomic E-state index is -0.00351. The Labute approximate surface area is 145 Å². The zero-order valence-corrected chi connectivity index (χ0v) is 13.9. The van der Waals surface area contributed by atoms with E-state index in [-0.39, 0.29) is 12.3 Å². The molecule has 0 unspecified atom stereocenters. The number of carbonyl (C=O) groups is 1. The molecule has 2 aromatic carbocycles. The van der Waals surface area contributed by atoms with Gasteiger partial charge in [-0.25, -0.2) is 4.57 Å². The highest BCUT2D eigenvalue weighted by molar-refractivity contribution is 6.30. The van der Waals surface area contributed by atoms with Gasteiger partial charge in [0.05, 0.1) is 13.3 Å². The molecule has 4 nitrogen and oxygen atoms in total. The van der Waals surface area contributed by atoms with Gasteiger partial charge >= 0.3 is 0 Å². The average Bonchev–Trinajstić information content (AvgIpc) is 2.62. The van der Waals surface area contributed by atoms with E-state index >= 15 is 0 Å². The molecular formula is C19H16ClN2O2+. The Morgan fingerprint density at radius 2 is 2.00 bits per heavy atom. The number of ether oxygens (including phenoxy) is 1. The molecule has 0 aliphatic heterocycles. The summed E-state index contributed by atoms with van der Waals surface area (Å²) in [4.78, 5) is 16.8. The maximum Gasteiger partial charge on any atom is 0.287 e. The molecule has 1 aromatic heterocycles. The van der Waals surface area contributed by atoms with Crippen molar-refractivity contribution in [2.24, 2.45) is 0 Å². The van der Waals surface area contributed by atoms with Crippen molar-refractivity contribution in [1.29, 1.82) is 0 Å². The van der Waals surface area contributed by atoms with E-state index in [9.17, 15) is 4.79 Å². The van der Waals surface area contributed by atoms with Gasteiger partial charge in [-0.1, -0.05) is 35.9 Å². The largest absolute Gasteiger partial charge is 0.497 e. The minimum Gasteiger partial charge on any atom is -0.497 e. The van der Waals surface area contributed by atoms with E-state index in [2.05, 4.69) is 4.98 Å². The zero-order valence-electron chi connectivity index (χ0n) is 13.1. The first-order chi connectivity index (χ1) is 11.7. The average molecular weight is 340 g/mol. The predicted molar refractivity (Wildman–Crippen MR) is 92.2 cm³/mol. The standard InChI is InChI=1S/C19H16ClN2O2/c1-24-17-7-3-5-15(11-17)19(23)12-22-9-8-18(21-13-22)14-4-2-6-16(20)10-14/h2-11,13H,12H2,1H3/q+1. The van der Waals surface area contributed by atoms with E-state index in [0.717, 1.165) is 11.3 Å². The number of hydrogen-bond acceptors (Lipinski definition) is 3. The van der Waals surface area contributed by atoms with Crippen LogP contribution in [0.4, 0.5) is 0 Å². The van der Waals surface area contributed by atoms with E-state index < -0.39 is 0 Å². The lowest BCUT2D eigenvalue weighted by Gasteiger charge is -2.03. The van der Waals surface area contributed by atoms with Gasteiger partial charge in [0.1, 0.15) is 5.75 Å². The van der Waals surface area contributed by atoms with Crippen LogP contribution >= 0.6 is 11.6 Å². The lowest BCUT2D eigenvalue weighted by Crippen LogP contribution is -2.37. The van der Waals surface area contributed by atoms with E-state index in [1.807, 2.05) is 42.6 Å². The van der Waals surface area contributed by atoms with Gasteiger partial charge in [-0.05, 0) is 29.2 Å². The Balaban J connectivity index is 1.75. The predicted octanol–water partition coefficient (Wildman–Crippen LogP) is 3.58. The van der Waals surface area contributed by atoms with Crippen molar-refractivity contribution in [3.05, 3.63) is 77.7 Å². The summed E-state index contributed by atoms with van der Waals surface area (Å²) in [5, 5.41) is 0.666. The number of rotatable bonds is 5. The Hall–Kier alpha value is -2.72. The number of aromatic nitrogens is 2. The molecule has 0 aliphatic carbocycles. The van der Waals surface area contributed by atoms with Gasteiger partial charge in [-0.3, -0.25) is 4.79 Å². The molecule has 0 amide bonds. The molecule has 0 aliphatic rings. The maximum absolute atomic E-state index is 12.4. The van der Waals surface area contributed by atoms with Crippen LogP contribution in [0.15, 0.2) is 67.1 Å². The smallest absolute Gasteiger partial charge is 0.287 e. The molecule has 0 atom stereocenters. The monoisotopic (exact) mass is 339 g/mol.